The minimum Gasteiger partial charge on any atom is -0.365 e. The van der Waals surface area contributed by atoms with Crippen molar-refractivity contribution in [2.75, 3.05) is 11.1 Å². The van der Waals surface area contributed by atoms with Crippen molar-refractivity contribution in [1.82, 2.24) is 14.8 Å². The van der Waals surface area contributed by atoms with E-state index in [4.69, 9.17) is 5.73 Å². The lowest BCUT2D eigenvalue weighted by molar-refractivity contribution is -0.113. The molecule has 1 aromatic carbocycles. The number of amides is 2. The highest BCUT2D eigenvalue weighted by molar-refractivity contribution is 7.99. The number of anilines is 1. The maximum Gasteiger partial charge on any atom is 0.251 e. The van der Waals surface area contributed by atoms with Crippen molar-refractivity contribution < 1.29 is 9.59 Å². The standard InChI is InChI=1S/C20H21N5O2S2/c1-12-7-8-14-15(9-12)29-19(17(14)18(21)27)23-16(26)10-28-20-24-22-11-25(20)13-5-3-2-4-6-13/h2-6,11-12H,7-10H2,1H3,(H2,21,27)(H,23,26)/t12-/m0/s1. The largest absolute Gasteiger partial charge is 0.365 e. The Morgan fingerprint density at radius 2 is 2.14 bits per heavy atom. The highest BCUT2D eigenvalue weighted by Crippen LogP contribution is 2.39. The van der Waals surface area contributed by atoms with Gasteiger partial charge in [0.15, 0.2) is 5.16 Å². The quantitative estimate of drug-likeness (QED) is 0.588. The van der Waals surface area contributed by atoms with E-state index >= 15 is 0 Å². The zero-order valence-electron chi connectivity index (χ0n) is 15.9. The van der Waals surface area contributed by atoms with E-state index < -0.39 is 5.91 Å². The SMILES string of the molecule is C[C@H]1CCc2c(sc(NC(=O)CSc3nncn3-c3ccccc3)c2C(N)=O)C1. The number of thiophene rings is 1. The molecule has 1 aliphatic rings. The number of nitrogens with zero attached hydrogens (tertiary/aromatic N) is 3. The first-order chi connectivity index (χ1) is 14.0. The van der Waals surface area contributed by atoms with Crippen LogP contribution in [0.15, 0.2) is 41.8 Å². The summed E-state index contributed by atoms with van der Waals surface area (Å²) in [5.74, 6) is 0.0452. The summed E-state index contributed by atoms with van der Waals surface area (Å²) in [6.07, 6.45) is 4.40. The Kier molecular flexibility index (Phi) is 5.68. The number of rotatable bonds is 6. The van der Waals surface area contributed by atoms with E-state index in [1.807, 2.05) is 34.9 Å². The number of nitrogens with two attached hydrogens (primary N) is 1. The Hall–Kier alpha value is -2.65. The van der Waals surface area contributed by atoms with E-state index in [1.165, 1.54) is 23.1 Å². The average molecular weight is 428 g/mol. The predicted molar refractivity (Wildman–Crippen MR) is 115 cm³/mol. The maximum absolute atomic E-state index is 12.6. The molecular formula is C20H21N5O2S2. The first-order valence-electron chi connectivity index (χ1n) is 9.35. The summed E-state index contributed by atoms with van der Waals surface area (Å²) >= 11 is 2.76. The van der Waals surface area contributed by atoms with E-state index in [2.05, 4.69) is 22.4 Å². The molecular weight excluding hydrogens is 406 g/mol. The molecule has 0 bridgehead atoms. The van der Waals surface area contributed by atoms with Crippen molar-refractivity contribution in [2.24, 2.45) is 11.7 Å². The topological polar surface area (TPSA) is 103 Å². The molecule has 7 nitrogen and oxygen atoms in total. The van der Waals surface area contributed by atoms with Crippen LogP contribution in [0.25, 0.3) is 5.69 Å². The van der Waals surface area contributed by atoms with Crippen molar-refractivity contribution in [1.29, 1.82) is 0 Å². The van der Waals surface area contributed by atoms with Crippen LogP contribution >= 0.6 is 23.1 Å². The van der Waals surface area contributed by atoms with Gasteiger partial charge in [-0.15, -0.1) is 21.5 Å². The second-order valence-electron chi connectivity index (χ2n) is 7.08. The first kappa shape index (κ1) is 19.7. The fourth-order valence-corrected chi connectivity index (χ4v) is 5.64. The van der Waals surface area contributed by atoms with Gasteiger partial charge in [-0.2, -0.15) is 0 Å². The molecule has 150 valence electrons. The van der Waals surface area contributed by atoms with Crippen LogP contribution in [0.1, 0.15) is 34.1 Å². The third-order valence-corrected chi connectivity index (χ3v) is 7.01. The highest BCUT2D eigenvalue weighted by atomic mass is 32.2. The molecule has 0 unspecified atom stereocenters. The first-order valence-corrected chi connectivity index (χ1v) is 11.2. The van der Waals surface area contributed by atoms with Gasteiger partial charge in [0.05, 0.1) is 11.3 Å². The van der Waals surface area contributed by atoms with Crippen LogP contribution in [0.3, 0.4) is 0 Å². The minimum atomic E-state index is -0.483. The molecule has 1 atom stereocenters. The van der Waals surface area contributed by atoms with Gasteiger partial charge in [0.1, 0.15) is 11.3 Å². The van der Waals surface area contributed by atoms with Crippen LogP contribution in [0, 0.1) is 5.92 Å². The van der Waals surface area contributed by atoms with E-state index in [0.29, 0.717) is 21.6 Å². The lowest BCUT2D eigenvalue weighted by Gasteiger charge is -2.18. The molecule has 9 heteroatoms. The van der Waals surface area contributed by atoms with Crippen LogP contribution in [0.2, 0.25) is 0 Å². The smallest absolute Gasteiger partial charge is 0.251 e. The van der Waals surface area contributed by atoms with Gasteiger partial charge in [-0.1, -0.05) is 36.9 Å². The summed E-state index contributed by atoms with van der Waals surface area (Å²) in [5, 5.41) is 12.1. The van der Waals surface area contributed by atoms with Crippen molar-refractivity contribution in [3.8, 4) is 5.69 Å². The Bertz CT molecular complexity index is 1040. The van der Waals surface area contributed by atoms with Gasteiger partial charge in [-0.3, -0.25) is 14.2 Å². The van der Waals surface area contributed by atoms with Crippen LogP contribution < -0.4 is 11.1 Å². The number of nitrogens with one attached hydrogen (secondary N) is 1. The lowest BCUT2D eigenvalue weighted by Crippen LogP contribution is -2.20. The molecule has 2 amide bonds. The minimum absolute atomic E-state index is 0.155. The predicted octanol–water partition coefficient (Wildman–Crippen LogP) is 3.28. The third-order valence-electron chi connectivity index (χ3n) is 4.89. The number of para-hydroxylation sites is 1. The van der Waals surface area contributed by atoms with Crippen LogP contribution in [0.5, 0.6) is 0 Å². The average Bonchev–Trinajstić information content (AvgIpc) is 3.30. The second kappa shape index (κ2) is 8.38. The van der Waals surface area contributed by atoms with Crippen molar-refractivity contribution in [3.63, 3.8) is 0 Å². The van der Waals surface area contributed by atoms with E-state index in [1.54, 1.807) is 6.33 Å². The van der Waals surface area contributed by atoms with Crippen molar-refractivity contribution in [3.05, 3.63) is 52.7 Å². The highest BCUT2D eigenvalue weighted by Gasteiger charge is 2.27. The Labute approximate surface area is 176 Å². The molecule has 0 radical (unpaired) electrons. The normalized spacial score (nSPS) is 15.7. The molecule has 0 spiro atoms. The molecule has 0 fully saturated rings. The van der Waals surface area contributed by atoms with Crippen LogP contribution in [-0.4, -0.2) is 32.3 Å². The molecule has 0 saturated carbocycles. The summed E-state index contributed by atoms with van der Waals surface area (Å²) in [6.45, 7) is 2.20. The molecule has 3 aromatic rings. The zero-order valence-corrected chi connectivity index (χ0v) is 17.6. The molecule has 29 heavy (non-hydrogen) atoms. The fourth-order valence-electron chi connectivity index (χ4n) is 3.48. The van der Waals surface area contributed by atoms with Gasteiger partial charge in [0, 0.05) is 10.6 Å². The van der Waals surface area contributed by atoms with Gasteiger partial charge in [0.25, 0.3) is 5.91 Å². The Morgan fingerprint density at radius 3 is 2.90 bits per heavy atom. The summed E-state index contributed by atoms with van der Waals surface area (Å²) in [5.41, 5.74) is 8.03. The summed E-state index contributed by atoms with van der Waals surface area (Å²) in [7, 11) is 0. The summed E-state index contributed by atoms with van der Waals surface area (Å²) < 4.78 is 1.83. The van der Waals surface area contributed by atoms with E-state index in [9.17, 15) is 9.59 Å². The Balaban J connectivity index is 1.47. The van der Waals surface area contributed by atoms with Crippen LogP contribution in [0.4, 0.5) is 5.00 Å². The molecule has 3 N–H and O–H groups in total. The van der Waals surface area contributed by atoms with E-state index in [0.717, 1.165) is 35.4 Å². The molecule has 0 aliphatic heterocycles. The number of carbonyl (C=O) groups is 2. The molecule has 2 aromatic heterocycles. The molecule has 4 rings (SSSR count). The number of fused-ring (bicyclic) bond motifs is 1. The van der Waals surface area contributed by atoms with Gasteiger partial charge < -0.3 is 11.1 Å². The molecule has 1 aliphatic carbocycles. The number of primary amides is 1. The number of hydrogen-bond acceptors (Lipinski definition) is 6. The zero-order chi connectivity index (χ0) is 20.4. The third kappa shape index (κ3) is 4.20. The Morgan fingerprint density at radius 1 is 1.34 bits per heavy atom. The van der Waals surface area contributed by atoms with E-state index in [-0.39, 0.29) is 11.7 Å². The van der Waals surface area contributed by atoms with Crippen molar-refractivity contribution >= 4 is 39.9 Å². The van der Waals surface area contributed by atoms with Gasteiger partial charge in [0.2, 0.25) is 5.91 Å². The molecule has 0 saturated heterocycles. The second-order valence-corrected chi connectivity index (χ2v) is 9.12. The van der Waals surface area contributed by atoms with Gasteiger partial charge in [-0.05, 0) is 42.9 Å². The number of benzene rings is 1. The number of aromatic nitrogens is 3. The lowest BCUT2D eigenvalue weighted by atomic mass is 9.88. The van der Waals surface area contributed by atoms with Crippen molar-refractivity contribution in [2.45, 2.75) is 31.3 Å². The summed E-state index contributed by atoms with van der Waals surface area (Å²) in [6, 6.07) is 9.70. The fraction of sp³-hybridized carbons (Fsp3) is 0.300. The molecule has 2 heterocycles. The monoisotopic (exact) mass is 427 g/mol. The summed E-state index contributed by atoms with van der Waals surface area (Å²) in [4.78, 5) is 25.7. The number of hydrogen-bond donors (Lipinski definition) is 2. The van der Waals surface area contributed by atoms with Crippen LogP contribution in [-0.2, 0) is 17.6 Å². The maximum atomic E-state index is 12.6. The number of carbonyl (C=O) groups excluding carboxylic acids is 2. The van der Waals surface area contributed by atoms with Gasteiger partial charge >= 0.3 is 0 Å². The van der Waals surface area contributed by atoms with Gasteiger partial charge in [-0.25, -0.2) is 0 Å². The number of thioether (sulfide) groups is 1.